The third kappa shape index (κ3) is 4.63. The molecule has 0 radical (unpaired) electrons. The van der Waals surface area contributed by atoms with Gasteiger partial charge in [-0.3, -0.25) is 0 Å². The lowest BCUT2D eigenvalue weighted by Crippen LogP contribution is -2.61. The number of fused-ring (bicyclic) bond motifs is 1. The number of likely N-dealkylation sites (tertiary alicyclic amines) is 1. The minimum atomic E-state index is -4.92. The zero-order valence-corrected chi connectivity index (χ0v) is 18.8. The molecule has 0 bridgehead atoms. The van der Waals surface area contributed by atoms with E-state index in [4.69, 9.17) is 5.73 Å². The number of hydrogen-bond acceptors (Lipinski definition) is 4. The Balaban J connectivity index is 1.76. The average Bonchev–Trinajstić information content (AvgIpc) is 3.20. The molecule has 7 nitrogen and oxygen atoms in total. The van der Waals surface area contributed by atoms with Gasteiger partial charge in [0.2, 0.25) is 0 Å². The first-order chi connectivity index (χ1) is 16.7. The van der Waals surface area contributed by atoms with E-state index < -0.39 is 46.7 Å². The molecule has 0 spiro atoms. The van der Waals surface area contributed by atoms with Gasteiger partial charge in [-0.2, -0.15) is 36.0 Å². The van der Waals surface area contributed by atoms with Gasteiger partial charge in [-0.1, -0.05) is 19.1 Å². The van der Waals surface area contributed by atoms with Crippen molar-refractivity contribution in [2.75, 3.05) is 25.0 Å². The second-order valence-electron chi connectivity index (χ2n) is 8.63. The molecule has 1 fully saturated rings. The number of amides is 2. The zero-order valence-electron chi connectivity index (χ0n) is 18.8. The minimum absolute atomic E-state index is 0.0516. The maximum Gasteiger partial charge on any atom is 0.435 e. The summed E-state index contributed by atoms with van der Waals surface area (Å²) in [7, 11) is 0. The number of hydrogen-bond donors (Lipinski definition) is 2. The molecule has 1 atom stereocenters. The summed E-state index contributed by atoms with van der Waals surface area (Å²) in [6.07, 6.45) is -9.40. The lowest BCUT2D eigenvalue weighted by Gasteiger charge is -2.50. The van der Waals surface area contributed by atoms with Crippen LogP contribution in [0.4, 0.5) is 41.3 Å². The molecule has 0 aliphatic carbocycles. The summed E-state index contributed by atoms with van der Waals surface area (Å²) >= 11 is 0. The van der Waals surface area contributed by atoms with Crippen molar-refractivity contribution in [2.45, 2.75) is 31.1 Å². The first kappa shape index (κ1) is 25.5. The highest BCUT2D eigenvalue weighted by Gasteiger charge is 2.46. The Morgan fingerprint density at radius 3 is 2.19 bits per heavy atom. The van der Waals surface area contributed by atoms with Gasteiger partial charge < -0.3 is 16.0 Å². The van der Waals surface area contributed by atoms with Gasteiger partial charge in [0.05, 0.1) is 0 Å². The average molecular weight is 518 g/mol. The van der Waals surface area contributed by atoms with Crippen LogP contribution in [0.3, 0.4) is 0 Å². The molecule has 14 heteroatoms. The Labute approximate surface area is 200 Å². The highest BCUT2D eigenvalue weighted by atomic mass is 19.4. The van der Waals surface area contributed by atoms with E-state index in [2.05, 4.69) is 15.4 Å². The van der Waals surface area contributed by atoms with Crippen molar-refractivity contribution in [1.82, 2.24) is 19.5 Å². The van der Waals surface area contributed by atoms with Gasteiger partial charge in [-0.25, -0.2) is 14.2 Å². The second kappa shape index (κ2) is 8.82. The number of rotatable bonds is 6. The quantitative estimate of drug-likeness (QED) is 0.464. The summed E-state index contributed by atoms with van der Waals surface area (Å²) in [5.41, 5.74) is 1.73. The van der Waals surface area contributed by atoms with Crippen molar-refractivity contribution < 1.29 is 35.5 Å². The summed E-state index contributed by atoms with van der Waals surface area (Å²) in [6, 6.07) is 5.93. The number of carbonyl (C=O) groups excluding carboxylic acids is 1. The fourth-order valence-electron chi connectivity index (χ4n) is 4.52. The van der Waals surface area contributed by atoms with Crippen molar-refractivity contribution in [2.24, 2.45) is 11.7 Å². The molecular formula is C22H21F7N6O. The Hall–Kier alpha value is -3.58. The van der Waals surface area contributed by atoms with Crippen LogP contribution in [0.25, 0.3) is 5.65 Å². The van der Waals surface area contributed by atoms with Gasteiger partial charge >= 0.3 is 18.4 Å². The number of benzene rings is 1. The van der Waals surface area contributed by atoms with E-state index in [1.54, 1.807) is 0 Å². The van der Waals surface area contributed by atoms with Crippen molar-refractivity contribution >= 4 is 17.5 Å². The molecule has 0 saturated carbocycles. The molecule has 3 aromatic rings. The number of nitrogens with zero attached hydrogens (tertiary/aromatic N) is 4. The summed E-state index contributed by atoms with van der Waals surface area (Å²) in [5.74, 6) is -1.06. The third-order valence-electron chi connectivity index (χ3n) is 6.62. The van der Waals surface area contributed by atoms with Gasteiger partial charge in [0, 0.05) is 43.1 Å². The van der Waals surface area contributed by atoms with Crippen LogP contribution in [0.15, 0.2) is 36.4 Å². The predicted molar refractivity (Wildman–Crippen MR) is 114 cm³/mol. The monoisotopic (exact) mass is 518 g/mol. The molecular weight excluding hydrogens is 497 g/mol. The van der Waals surface area contributed by atoms with Crippen LogP contribution >= 0.6 is 0 Å². The molecule has 36 heavy (non-hydrogen) atoms. The van der Waals surface area contributed by atoms with Gasteiger partial charge in [0.15, 0.2) is 17.0 Å². The lowest BCUT2D eigenvalue weighted by atomic mass is 9.65. The number of anilines is 1. The van der Waals surface area contributed by atoms with Crippen LogP contribution in [0.2, 0.25) is 0 Å². The van der Waals surface area contributed by atoms with Crippen LogP contribution < -0.4 is 11.1 Å². The number of aromatic nitrogens is 3. The van der Waals surface area contributed by atoms with Gasteiger partial charge in [0.25, 0.3) is 0 Å². The number of urea groups is 1. The zero-order chi connectivity index (χ0) is 26.5. The molecule has 194 valence electrons. The number of primary amides is 1. The normalized spacial score (nSPS) is 16.6. The van der Waals surface area contributed by atoms with E-state index in [0.717, 1.165) is 0 Å². The number of halogens is 7. The molecule has 1 aromatic carbocycles. The molecule has 1 aliphatic heterocycles. The van der Waals surface area contributed by atoms with Crippen molar-refractivity contribution in [1.29, 1.82) is 0 Å². The Bertz CT molecular complexity index is 1260. The minimum Gasteiger partial charge on any atom is -0.369 e. The fourth-order valence-corrected chi connectivity index (χ4v) is 4.52. The third-order valence-corrected chi connectivity index (χ3v) is 6.62. The van der Waals surface area contributed by atoms with Gasteiger partial charge in [0.1, 0.15) is 11.6 Å². The topological polar surface area (TPSA) is 88.6 Å². The van der Waals surface area contributed by atoms with E-state index in [-0.39, 0.29) is 31.4 Å². The standard InChI is InChI=1S/C22H21F7N6O/c1-2-20(12-3-5-14(23)6-4-12,13-9-34(10-13)19(30)36)11-31-17-7-15(21(24,25)26)32-18-8-16(22(27,28)29)33-35(17)18/h3-8,13,31H,2,9-11H2,1H3,(H2,30,36)/t20-/m1/s1. The van der Waals surface area contributed by atoms with E-state index in [1.165, 1.54) is 29.2 Å². The SMILES string of the molecule is CC[C@@](CNc1cc(C(F)(F)F)nc2cc(C(F)(F)F)nn12)(c1ccc(F)cc1)C1CN(C(N)=O)C1. The molecule has 1 saturated heterocycles. The van der Waals surface area contributed by atoms with Crippen LogP contribution in [-0.2, 0) is 17.8 Å². The van der Waals surface area contributed by atoms with E-state index in [0.29, 0.717) is 28.6 Å². The van der Waals surface area contributed by atoms with E-state index in [9.17, 15) is 35.5 Å². The molecule has 2 amide bonds. The number of alkyl halides is 6. The molecule has 3 N–H and O–H groups in total. The maximum absolute atomic E-state index is 13.6. The second-order valence-corrected chi connectivity index (χ2v) is 8.63. The van der Waals surface area contributed by atoms with Gasteiger partial charge in [-0.05, 0) is 24.1 Å². The first-order valence-electron chi connectivity index (χ1n) is 10.8. The molecule has 0 unspecified atom stereocenters. The number of carbonyl (C=O) groups is 1. The number of nitrogens with two attached hydrogens (primary N) is 1. The molecule has 2 aromatic heterocycles. The summed E-state index contributed by atoms with van der Waals surface area (Å²) in [4.78, 5) is 16.2. The van der Waals surface area contributed by atoms with Crippen LogP contribution in [0, 0.1) is 11.7 Å². The van der Waals surface area contributed by atoms with Crippen LogP contribution in [-0.4, -0.2) is 45.2 Å². The van der Waals surface area contributed by atoms with Gasteiger partial charge in [-0.15, -0.1) is 0 Å². The number of nitrogens with one attached hydrogen (secondary N) is 1. The Morgan fingerprint density at radius 1 is 1.06 bits per heavy atom. The first-order valence-corrected chi connectivity index (χ1v) is 10.8. The van der Waals surface area contributed by atoms with Crippen LogP contribution in [0.1, 0.15) is 30.3 Å². The summed E-state index contributed by atoms with van der Waals surface area (Å²) in [6.45, 7) is 2.27. The Morgan fingerprint density at radius 2 is 1.67 bits per heavy atom. The highest BCUT2D eigenvalue weighted by Crippen LogP contribution is 2.42. The Kier molecular flexibility index (Phi) is 6.25. The largest absolute Gasteiger partial charge is 0.435 e. The smallest absolute Gasteiger partial charge is 0.369 e. The lowest BCUT2D eigenvalue weighted by molar-refractivity contribution is -0.142. The van der Waals surface area contributed by atoms with E-state index in [1.807, 2.05) is 6.92 Å². The van der Waals surface area contributed by atoms with Crippen molar-refractivity contribution in [3.63, 3.8) is 0 Å². The molecule has 3 heterocycles. The van der Waals surface area contributed by atoms with Crippen LogP contribution in [0.5, 0.6) is 0 Å². The fraction of sp³-hybridized carbons (Fsp3) is 0.409. The highest BCUT2D eigenvalue weighted by molar-refractivity contribution is 5.73. The predicted octanol–water partition coefficient (Wildman–Crippen LogP) is 4.68. The van der Waals surface area contributed by atoms with Crippen molar-refractivity contribution in [3.8, 4) is 0 Å². The van der Waals surface area contributed by atoms with E-state index >= 15 is 0 Å². The maximum atomic E-state index is 13.6. The summed E-state index contributed by atoms with van der Waals surface area (Å²) < 4.78 is 94.3. The molecule has 4 rings (SSSR count). The molecule has 1 aliphatic rings. The summed E-state index contributed by atoms with van der Waals surface area (Å²) in [5, 5.41) is 6.24. The van der Waals surface area contributed by atoms with Crippen molar-refractivity contribution in [3.05, 3.63) is 59.2 Å².